The fraction of sp³-hybridized carbons (Fsp3) is 0.186. The molecule has 7 nitrogen and oxygen atoms in total. The van der Waals surface area contributed by atoms with Crippen LogP contribution in [-0.4, -0.2) is 49.0 Å². The number of amides is 2. The van der Waals surface area contributed by atoms with E-state index in [9.17, 15) is 14.4 Å². The largest absolute Gasteiger partial charge is 0.460 e. The van der Waals surface area contributed by atoms with Crippen LogP contribution >= 0.6 is 11.8 Å². The second kappa shape index (κ2) is 16.4. The third-order valence-electron chi connectivity index (χ3n) is 9.02. The van der Waals surface area contributed by atoms with E-state index in [0.717, 1.165) is 38.9 Å². The SMILES string of the molecule is C=CCOC(=O)[C@H](CSC(c1ccccc1)(c1ccccc1)c1ccccc1)NC(=O)[C@H](C)NC(=O)OCC1c2ccccc2-c2ccccc21. The molecule has 51 heavy (non-hydrogen) atoms. The molecular weight excluding hydrogens is 657 g/mol. The molecule has 0 aliphatic heterocycles. The highest BCUT2D eigenvalue weighted by atomic mass is 32.2. The van der Waals surface area contributed by atoms with E-state index in [4.69, 9.17) is 9.47 Å². The number of carbonyl (C=O) groups is 3. The van der Waals surface area contributed by atoms with Crippen molar-refractivity contribution < 1.29 is 23.9 Å². The van der Waals surface area contributed by atoms with Crippen molar-refractivity contribution in [1.82, 2.24) is 10.6 Å². The highest BCUT2D eigenvalue weighted by Gasteiger charge is 2.39. The molecule has 0 bridgehead atoms. The van der Waals surface area contributed by atoms with Crippen molar-refractivity contribution in [1.29, 1.82) is 0 Å². The third kappa shape index (κ3) is 7.76. The monoisotopic (exact) mass is 696 g/mol. The molecule has 2 atom stereocenters. The minimum Gasteiger partial charge on any atom is -0.460 e. The lowest BCUT2D eigenvalue weighted by Gasteiger charge is -2.36. The number of nitrogens with one attached hydrogen (secondary N) is 2. The summed E-state index contributed by atoms with van der Waals surface area (Å²) in [4.78, 5) is 40.0. The summed E-state index contributed by atoms with van der Waals surface area (Å²) >= 11 is 1.52. The van der Waals surface area contributed by atoms with Crippen LogP contribution < -0.4 is 10.6 Å². The number of ether oxygens (including phenoxy) is 2. The van der Waals surface area contributed by atoms with E-state index in [1.807, 2.05) is 91.0 Å². The summed E-state index contributed by atoms with van der Waals surface area (Å²) in [6, 6.07) is 44.4. The first kappa shape index (κ1) is 35.2. The molecule has 0 saturated carbocycles. The zero-order valence-corrected chi connectivity index (χ0v) is 29.2. The summed E-state index contributed by atoms with van der Waals surface area (Å²) in [6.07, 6.45) is 0.754. The quantitative estimate of drug-likeness (QED) is 0.0698. The second-order valence-electron chi connectivity index (χ2n) is 12.3. The van der Waals surface area contributed by atoms with E-state index in [-0.39, 0.29) is 24.9 Å². The van der Waals surface area contributed by atoms with E-state index >= 15 is 0 Å². The summed E-state index contributed by atoms with van der Waals surface area (Å²) in [6.45, 7) is 5.32. The minimum absolute atomic E-state index is 0.00930. The number of benzene rings is 5. The van der Waals surface area contributed by atoms with Crippen LogP contribution in [0.3, 0.4) is 0 Å². The number of alkyl carbamates (subject to hydrolysis) is 1. The van der Waals surface area contributed by atoms with E-state index in [1.165, 1.54) is 17.8 Å². The van der Waals surface area contributed by atoms with E-state index in [0.29, 0.717) is 0 Å². The average Bonchev–Trinajstić information content (AvgIpc) is 3.50. The smallest absolute Gasteiger partial charge is 0.407 e. The van der Waals surface area contributed by atoms with Crippen LogP contribution in [0.2, 0.25) is 0 Å². The molecular formula is C43H40N2O5S. The number of hydrogen-bond donors (Lipinski definition) is 2. The van der Waals surface area contributed by atoms with Gasteiger partial charge in [0.05, 0.1) is 4.75 Å². The summed E-state index contributed by atoms with van der Waals surface area (Å²) in [5.41, 5.74) is 7.48. The summed E-state index contributed by atoms with van der Waals surface area (Å²) in [7, 11) is 0. The van der Waals surface area contributed by atoms with Crippen LogP contribution in [0.15, 0.2) is 152 Å². The summed E-state index contributed by atoms with van der Waals surface area (Å²) in [5.74, 6) is -1.10. The highest BCUT2D eigenvalue weighted by Crippen LogP contribution is 2.49. The highest BCUT2D eigenvalue weighted by molar-refractivity contribution is 8.00. The van der Waals surface area contributed by atoms with E-state index in [1.54, 1.807) is 6.92 Å². The maximum Gasteiger partial charge on any atom is 0.407 e. The van der Waals surface area contributed by atoms with Crippen molar-refractivity contribution in [2.75, 3.05) is 19.0 Å². The second-order valence-corrected chi connectivity index (χ2v) is 13.5. The van der Waals surface area contributed by atoms with Gasteiger partial charge in [-0.3, -0.25) is 4.79 Å². The Morgan fingerprint density at radius 3 is 1.67 bits per heavy atom. The van der Waals surface area contributed by atoms with Crippen LogP contribution in [0.1, 0.15) is 40.7 Å². The zero-order valence-electron chi connectivity index (χ0n) is 28.4. The fourth-order valence-corrected chi connectivity index (χ4v) is 8.11. The molecule has 6 rings (SSSR count). The van der Waals surface area contributed by atoms with Gasteiger partial charge in [-0.25, -0.2) is 9.59 Å². The topological polar surface area (TPSA) is 93.7 Å². The molecule has 2 amide bonds. The Morgan fingerprint density at radius 2 is 1.18 bits per heavy atom. The molecule has 5 aromatic carbocycles. The lowest BCUT2D eigenvalue weighted by molar-refractivity contribution is -0.146. The number of carbonyl (C=O) groups excluding carboxylic acids is 3. The molecule has 0 unspecified atom stereocenters. The number of esters is 1. The molecule has 0 aromatic heterocycles. The van der Waals surface area contributed by atoms with Crippen molar-refractivity contribution in [3.05, 3.63) is 180 Å². The lowest BCUT2D eigenvalue weighted by Crippen LogP contribution is -2.52. The van der Waals surface area contributed by atoms with Crippen LogP contribution in [-0.2, 0) is 23.8 Å². The Morgan fingerprint density at radius 1 is 0.706 bits per heavy atom. The molecule has 258 valence electrons. The Bertz CT molecular complexity index is 1830. The Balaban J connectivity index is 1.18. The first-order valence-corrected chi connectivity index (χ1v) is 17.9. The van der Waals surface area contributed by atoms with Gasteiger partial charge in [0.15, 0.2) is 0 Å². The van der Waals surface area contributed by atoms with Crippen molar-refractivity contribution in [2.45, 2.75) is 29.7 Å². The molecule has 2 N–H and O–H groups in total. The maximum atomic E-state index is 13.6. The first-order valence-electron chi connectivity index (χ1n) is 16.9. The van der Waals surface area contributed by atoms with Gasteiger partial charge in [-0.05, 0) is 45.9 Å². The molecule has 8 heteroatoms. The minimum atomic E-state index is -1.04. The van der Waals surface area contributed by atoms with Gasteiger partial charge in [0.2, 0.25) is 5.91 Å². The number of rotatable bonds is 14. The van der Waals surface area contributed by atoms with E-state index in [2.05, 4.69) is 65.7 Å². The standard InChI is InChI=1S/C43H40N2O5S/c1-3-27-49-41(47)39(29-51-43(31-17-7-4-8-18-31,32-19-9-5-10-20-32)33-21-11-6-12-22-33)45-40(46)30(2)44-42(48)50-28-38-36-25-15-13-23-34(36)35-24-14-16-26-37(35)38/h3-26,30,38-39H,1,27-29H2,2H3,(H,44,48)(H,45,46)/t30-,39-/m0/s1. The molecule has 0 heterocycles. The van der Waals surface area contributed by atoms with Gasteiger partial charge in [0.1, 0.15) is 25.3 Å². The molecule has 5 aromatic rings. The van der Waals surface area contributed by atoms with Crippen molar-refractivity contribution in [2.24, 2.45) is 0 Å². The van der Waals surface area contributed by atoms with Crippen molar-refractivity contribution in [3.8, 4) is 11.1 Å². The molecule has 1 aliphatic carbocycles. The molecule has 0 spiro atoms. The number of hydrogen-bond acceptors (Lipinski definition) is 6. The van der Waals surface area contributed by atoms with E-state index < -0.39 is 34.8 Å². The molecule has 0 fully saturated rings. The molecule has 1 aliphatic rings. The van der Waals surface area contributed by atoms with Gasteiger partial charge < -0.3 is 20.1 Å². The van der Waals surface area contributed by atoms with Crippen LogP contribution in [0.25, 0.3) is 11.1 Å². The van der Waals surface area contributed by atoms with Gasteiger partial charge in [0.25, 0.3) is 0 Å². The van der Waals surface area contributed by atoms with Crippen LogP contribution in [0, 0.1) is 0 Å². The average molecular weight is 697 g/mol. The first-order chi connectivity index (χ1) is 24.9. The normalized spacial score (nSPS) is 13.2. The van der Waals surface area contributed by atoms with Gasteiger partial charge >= 0.3 is 12.1 Å². The maximum absolute atomic E-state index is 13.6. The van der Waals surface area contributed by atoms with Gasteiger partial charge in [-0.2, -0.15) is 0 Å². The Kier molecular flexibility index (Phi) is 11.3. The van der Waals surface area contributed by atoms with Gasteiger partial charge in [-0.1, -0.05) is 152 Å². The van der Waals surface area contributed by atoms with Crippen LogP contribution in [0.5, 0.6) is 0 Å². The van der Waals surface area contributed by atoms with Crippen molar-refractivity contribution in [3.63, 3.8) is 0 Å². The fourth-order valence-electron chi connectivity index (χ4n) is 6.57. The summed E-state index contributed by atoms with van der Waals surface area (Å²) < 4.78 is 10.4. The third-order valence-corrected chi connectivity index (χ3v) is 10.7. The zero-order chi connectivity index (χ0) is 35.6. The van der Waals surface area contributed by atoms with Crippen LogP contribution in [0.4, 0.5) is 4.79 Å². The predicted octanol–water partition coefficient (Wildman–Crippen LogP) is 7.85. The molecule has 0 radical (unpaired) electrons. The number of thioether (sulfide) groups is 1. The lowest BCUT2D eigenvalue weighted by atomic mass is 9.84. The Hall–Kier alpha value is -5.60. The molecule has 0 saturated heterocycles. The van der Waals surface area contributed by atoms with Crippen molar-refractivity contribution >= 4 is 29.7 Å². The number of fused-ring (bicyclic) bond motifs is 3. The van der Waals surface area contributed by atoms with Gasteiger partial charge in [-0.15, -0.1) is 11.8 Å². The predicted molar refractivity (Wildman–Crippen MR) is 202 cm³/mol. The summed E-state index contributed by atoms with van der Waals surface area (Å²) in [5, 5.41) is 5.48. The van der Waals surface area contributed by atoms with Gasteiger partial charge in [0, 0.05) is 11.7 Å². The Labute approximate surface area is 303 Å².